The first-order chi connectivity index (χ1) is 9.56. The molecule has 0 spiro atoms. The summed E-state index contributed by atoms with van der Waals surface area (Å²) in [5, 5.41) is 0. The lowest BCUT2D eigenvalue weighted by molar-refractivity contribution is -0.0353. The maximum Gasteiger partial charge on any atom is 0.169 e. The van der Waals surface area contributed by atoms with Gasteiger partial charge in [0.15, 0.2) is 5.78 Å². The topological polar surface area (TPSA) is 17.1 Å². The van der Waals surface area contributed by atoms with Crippen LogP contribution in [0.4, 0.5) is 4.39 Å². The summed E-state index contributed by atoms with van der Waals surface area (Å²) in [5.41, 5.74) is 0.548. The number of ketones is 1. The average Bonchev–Trinajstić information content (AvgIpc) is 2.39. The zero-order valence-electron chi connectivity index (χ0n) is 11.4. The molecule has 1 aromatic rings. The van der Waals surface area contributed by atoms with Crippen LogP contribution in [0, 0.1) is 29.0 Å². The van der Waals surface area contributed by atoms with E-state index in [0.717, 1.165) is 37.0 Å². The molecule has 5 rings (SSSR count). The van der Waals surface area contributed by atoms with Gasteiger partial charge in [0.2, 0.25) is 0 Å². The molecule has 0 aliphatic heterocycles. The van der Waals surface area contributed by atoms with E-state index in [4.69, 9.17) is 0 Å². The second-order valence-electron chi connectivity index (χ2n) is 7.16. The standard InChI is InChI=1S/C17H18BrFO/c18-14-6-13(1-2-15(14)19)16(20)17-7-10-3-11(8-17)5-12(4-10)9-17/h1-2,6,10-12H,3-5,7-9H2. The van der Waals surface area contributed by atoms with Gasteiger partial charge < -0.3 is 0 Å². The van der Waals surface area contributed by atoms with E-state index in [-0.39, 0.29) is 17.0 Å². The van der Waals surface area contributed by atoms with Gasteiger partial charge in [-0.3, -0.25) is 4.79 Å². The van der Waals surface area contributed by atoms with Gasteiger partial charge in [0.1, 0.15) is 5.82 Å². The lowest BCUT2D eigenvalue weighted by Gasteiger charge is -2.56. The van der Waals surface area contributed by atoms with Crippen molar-refractivity contribution in [1.29, 1.82) is 0 Å². The molecular formula is C17H18BrFO. The maximum atomic E-state index is 13.4. The van der Waals surface area contributed by atoms with E-state index in [0.29, 0.717) is 10.0 Å². The maximum absolute atomic E-state index is 13.4. The fourth-order valence-electron chi connectivity index (χ4n) is 5.33. The van der Waals surface area contributed by atoms with Gasteiger partial charge in [-0.25, -0.2) is 4.39 Å². The summed E-state index contributed by atoms with van der Waals surface area (Å²) < 4.78 is 13.8. The summed E-state index contributed by atoms with van der Waals surface area (Å²) in [4.78, 5) is 13.0. The Balaban J connectivity index is 1.69. The first-order valence-electron chi connectivity index (χ1n) is 7.56. The van der Waals surface area contributed by atoms with Gasteiger partial charge >= 0.3 is 0 Å². The van der Waals surface area contributed by atoms with Crippen molar-refractivity contribution in [3.8, 4) is 0 Å². The van der Waals surface area contributed by atoms with Crippen LogP contribution < -0.4 is 0 Å². The van der Waals surface area contributed by atoms with Crippen molar-refractivity contribution in [2.24, 2.45) is 23.2 Å². The first kappa shape index (κ1) is 13.0. The summed E-state index contributed by atoms with van der Waals surface area (Å²) in [6.45, 7) is 0. The number of Topliss-reactive ketones (excluding diaryl/α,β-unsaturated/α-hetero) is 1. The molecule has 0 unspecified atom stereocenters. The SMILES string of the molecule is O=C(c1ccc(F)c(Br)c1)C12CC3CC(CC(C3)C1)C2. The van der Waals surface area contributed by atoms with Gasteiger partial charge in [0.05, 0.1) is 4.47 Å². The Labute approximate surface area is 127 Å². The summed E-state index contributed by atoms with van der Waals surface area (Å²) in [7, 11) is 0. The smallest absolute Gasteiger partial charge is 0.169 e. The highest BCUT2D eigenvalue weighted by atomic mass is 79.9. The third-order valence-corrected chi connectivity index (χ3v) is 6.31. The quantitative estimate of drug-likeness (QED) is 0.695. The molecule has 106 valence electrons. The lowest BCUT2D eigenvalue weighted by atomic mass is 9.48. The number of hydrogen-bond acceptors (Lipinski definition) is 1. The van der Waals surface area contributed by atoms with Crippen molar-refractivity contribution in [3.63, 3.8) is 0 Å². The van der Waals surface area contributed by atoms with Crippen LogP contribution in [0.1, 0.15) is 48.9 Å². The zero-order chi connectivity index (χ0) is 13.9. The monoisotopic (exact) mass is 336 g/mol. The predicted molar refractivity (Wildman–Crippen MR) is 79.0 cm³/mol. The normalized spacial score (nSPS) is 38.2. The Bertz CT molecular complexity index is 545. The van der Waals surface area contributed by atoms with Crippen LogP contribution in [0.15, 0.2) is 22.7 Å². The lowest BCUT2D eigenvalue weighted by Crippen LogP contribution is -2.50. The fraction of sp³-hybridized carbons (Fsp3) is 0.588. The van der Waals surface area contributed by atoms with E-state index >= 15 is 0 Å². The number of carbonyl (C=O) groups excluding carboxylic acids is 1. The van der Waals surface area contributed by atoms with Crippen molar-refractivity contribution in [2.75, 3.05) is 0 Å². The Kier molecular flexibility index (Phi) is 2.86. The molecule has 3 heteroatoms. The van der Waals surface area contributed by atoms with Crippen molar-refractivity contribution in [1.82, 2.24) is 0 Å². The van der Waals surface area contributed by atoms with Crippen molar-refractivity contribution >= 4 is 21.7 Å². The molecule has 20 heavy (non-hydrogen) atoms. The highest BCUT2D eigenvalue weighted by Crippen LogP contribution is 2.60. The minimum Gasteiger partial charge on any atom is -0.294 e. The molecule has 4 saturated carbocycles. The number of rotatable bonds is 2. The highest BCUT2D eigenvalue weighted by Gasteiger charge is 2.54. The molecule has 0 radical (unpaired) electrons. The number of halogens is 2. The zero-order valence-corrected chi connectivity index (χ0v) is 13.0. The van der Waals surface area contributed by atoms with E-state index in [9.17, 15) is 9.18 Å². The molecule has 4 aliphatic rings. The molecule has 4 fully saturated rings. The van der Waals surface area contributed by atoms with Crippen LogP contribution in [0.5, 0.6) is 0 Å². The van der Waals surface area contributed by atoms with Crippen molar-refractivity contribution in [2.45, 2.75) is 38.5 Å². The Morgan fingerprint density at radius 1 is 1.10 bits per heavy atom. The van der Waals surface area contributed by atoms with E-state index in [1.54, 1.807) is 12.1 Å². The van der Waals surface area contributed by atoms with Crippen molar-refractivity contribution in [3.05, 3.63) is 34.1 Å². The minimum atomic E-state index is -0.299. The molecule has 1 aromatic carbocycles. The molecule has 0 atom stereocenters. The second kappa shape index (κ2) is 4.40. The third-order valence-electron chi connectivity index (χ3n) is 5.70. The van der Waals surface area contributed by atoms with Gasteiger partial charge in [-0.05, 0) is 90.4 Å². The van der Waals surface area contributed by atoms with Gasteiger partial charge in [0, 0.05) is 11.0 Å². The highest BCUT2D eigenvalue weighted by molar-refractivity contribution is 9.10. The Morgan fingerprint density at radius 2 is 1.65 bits per heavy atom. The molecular weight excluding hydrogens is 319 g/mol. The Hall–Kier alpha value is -0.700. The van der Waals surface area contributed by atoms with E-state index in [1.807, 2.05) is 0 Å². The number of carbonyl (C=O) groups is 1. The van der Waals surface area contributed by atoms with Gasteiger partial charge in [-0.15, -0.1) is 0 Å². The summed E-state index contributed by atoms with van der Waals surface area (Å²) in [6.07, 6.45) is 7.19. The fourth-order valence-corrected chi connectivity index (χ4v) is 5.71. The largest absolute Gasteiger partial charge is 0.294 e. The molecule has 0 saturated heterocycles. The predicted octanol–water partition coefficient (Wildman–Crippen LogP) is 4.99. The number of benzene rings is 1. The average molecular weight is 337 g/mol. The van der Waals surface area contributed by atoms with Crippen LogP contribution in [0.2, 0.25) is 0 Å². The molecule has 0 heterocycles. The van der Waals surface area contributed by atoms with Crippen LogP contribution in [0.3, 0.4) is 0 Å². The first-order valence-corrected chi connectivity index (χ1v) is 8.35. The molecule has 0 amide bonds. The molecule has 4 aliphatic carbocycles. The summed E-state index contributed by atoms with van der Waals surface area (Å²) in [5.74, 6) is 2.24. The van der Waals surface area contributed by atoms with E-state index in [2.05, 4.69) is 15.9 Å². The van der Waals surface area contributed by atoms with Gasteiger partial charge in [0.25, 0.3) is 0 Å². The van der Waals surface area contributed by atoms with Crippen LogP contribution in [-0.2, 0) is 0 Å². The van der Waals surface area contributed by atoms with Crippen LogP contribution in [0.25, 0.3) is 0 Å². The minimum absolute atomic E-state index is 0.133. The van der Waals surface area contributed by atoms with E-state index < -0.39 is 0 Å². The molecule has 4 bridgehead atoms. The van der Waals surface area contributed by atoms with E-state index in [1.165, 1.54) is 25.3 Å². The molecule has 0 N–H and O–H groups in total. The van der Waals surface area contributed by atoms with Gasteiger partial charge in [-0.2, -0.15) is 0 Å². The second-order valence-corrected chi connectivity index (χ2v) is 8.01. The Morgan fingerprint density at radius 3 is 2.15 bits per heavy atom. The molecule has 0 aromatic heterocycles. The molecule has 1 nitrogen and oxygen atoms in total. The van der Waals surface area contributed by atoms with Crippen molar-refractivity contribution < 1.29 is 9.18 Å². The summed E-state index contributed by atoms with van der Waals surface area (Å²) in [6, 6.07) is 4.72. The van der Waals surface area contributed by atoms with Crippen LogP contribution >= 0.6 is 15.9 Å². The third kappa shape index (κ3) is 1.89. The number of hydrogen-bond donors (Lipinski definition) is 0. The van der Waals surface area contributed by atoms with Gasteiger partial charge in [-0.1, -0.05) is 0 Å². The van der Waals surface area contributed by atoms with Crippen LogP contribution in [-0.4, -0.2) is 5.78 Å². The summed E-state index contributed by atoms with van der Waals surface area (Å²) >= 11 is 3.20.